The van der Waals surface area contributed by atoms with Crippen LogP contribution in [-0.4, -0.2) is 55.2 Å². The molecular formula is C24H29N3O4. The number of hydrogen-bond donors (Lipinski definition) is 1. The van der Waals surface area contributed by atoms with E-state index in [1.165, 1.54) is 10.9 Å². The second kappa shape index (κ2) is 9.29. The molecule has 1 fully saturated rings. The SMILES string of the molecule is COc1cc(CCC(=O)N2CCC(c3c[nH]c4ncccc34)CC2)cc(OC)c1OC. The Bertz CT molecular complexity index is 1030. The van der Waals surface area contributed by atoms with Crippen LogP contribution in [0.25, 0.3) is 11.0 Å². The minimum absolute atomic E-state index is 0.188. The lowest BCUT2D eigenvalue weighted by Gasteiger charge is -2.32. The molecule has 0 unspecified atom stereocenters. The Kier molecular flexibility index (Phi) is 6.30. The molecule has 0 atom stereocenters. The van der Waals surface area contributed by atoms with Crippen molar-refractivity contribution < 1.29 is 19.0 Å². The fraction of sp³-hybridized carbons (Fsp3) is 0.417. The van der Waals surface area contributed by atoms with Crippen LogP contribution in [0.4, 0.5) is 0 Å². The number of nitrogens with one attached hydrogen (secondary N) is 1. The van der Waals surface area contributed by atoms with Gasteiger partial charge < -0.3 is 24.1 Å². The van der Waals surface area contributed by atoms with Crippen LogP contribution in [0.1, 0.15) is 36.3 Å². The molecule has 3 heterocycles. The van der Waals surface area contributed by atoms with Gasteiger partial charge in [-0.1, -0.05) is 0 Å². The third kappa shape index (κ3) is 4.31. The number of piperidine rings is 1. The van der Waals surface area contributed by atoms with E-state index in [0.29, 0.717) is 36.0 Å². The predicted molar refractivity (Wildman–Crippen MR) is 119 cm³/mol. The van der Waals surface area contributed by atoms with Gasteiger partial charge in [0, 0.05) is 37.3 Å². The number of amides is 1. The highest BCUT2D eigenvalue weighted by Crippen LogP contribution is 2.38. The zero-order valence-corrected chi connectivity index (χ0v) is 18.3. The van der Waals surface area contributed by atoms with E-state index in [9.17, 15) is 4.79 Å². The topological polar surface area (TPSA) is 76.7 Å². The Labute approximate surface area is 182 Å². The van der Waals surface area contributed by atoms with E-state index in [0.717, 1.165) is 37.1 Å². The van der Waals surface area contributed by atoms with Crippen molar-refractivity contribution in [2.75, 3.05) is 34.4 Å². The van der Waals surface area contributed by atoms with E-state index in [2.05, 4.69) is 22.2 Å². The second-order valence-corrected chi connectivity index (χ2v) is 7.83. The fourth-order valence-electron chi connectivity index (χ4n) is 4.44. The van der Waals surface area contributed by atoms with Crippen LogP contribution < -0.4 is 14.2 Å². The summed E-state index contributed by atoms with van der Waals surface area (Å²) >= 11 is 0. The molecule has 1 amide bonds. The molecule has 1 saturated heterocycles. The summed E-state index contributed by atoms with van der Waals surface area (Å²) in [5.41, 5.74) is 3.23. The number of carbonyl (C=O) groups is 1. The lowest BCUT2D eigenvalue weighted by atomic mass is 9.89. The number of likely N-dealkylation sites (tertiary alicyclic amines) is 1. The number of nitrogens with zero attached hydrogens (tertiary/aromatic N) is 2. The largest absolute Gasteiger partial charge is 0.493 e. The van der Waals surface area contributed by atoms with Gasteiger partial charge in [0.15, 0.2) is 11.5 Å². The minimum atomic E-state index is 0.188. The molecule has 7 heteroatoms. The van der Waals surface area contributed by atoms with Crippen molar-refractivity contribution >= 4 is 16.9 Å². The van der Waals surface area contributed by atoms with Gasteiger partial charge in [-0.15, -0.1) is 0 Å². The molecule has 4 rings (SSSR count). The molecule has 31 heavy (non-hydrogen) atoms. The Morgan fingerprint density at radius 2 is 1.84 bits per heavy atom. The number of ether oxygens (including phenoxy) is 3. The smallest absolute Gasteiger partial charge is 0.222 e. The lowest BCUT2D eigenvalue weighted by molar-refractivity contribution is -0.132. The summed E-state index contributed by atoms with van der Waals surface area (Å²) in [5, 5.41) is 1.19. The number of aromatic amines is 1. The molecular weight excluding hydrogens is 394 g/mol. The molecule has 1 aliphatic rings. The summed E-state index contributed by atoms with van der Waals surface area (Å²) in [6, 6.07) is 7.91. The first-order valence-corrected chi connectivity index (χ1v) is 10.6. The first kappa shape index (κ1) is 21.0. The van der Waals surface area contributed by atoms with Gasteiger partial charge in [-0.25, -0.2) is 4.98 Å². The quantitative estimate of drug-likeness (QED) is 0.623. The van der Waals surface area contributed by atoms with Crippen molar-refractivity contribution in [2.24, 2.45) is 0 Å². The first-order chi connectivity index (χ1) is 15.1. The van der Waals surface area contributed by atoms with E-state index >= 15 is 0 Å². The van der Waals surface area contributed by atoms with Gasteiger partial charge in [-0.05, 0) is 60.6 Å². The normalized spacial score (nSPS) is 14.6. The zero-order chi connectivity index (χ0) is 21.8. The predicted octanol–water partition coefficient (Wildman–Crippen LogP) is 3.93. The minimum Gasteiger partial charge on any atom is -0.493 e. The summed E-state index contributed by atoms with van der Waals surface area (Å²) in [6.07, 6.45) is 6.90. The highest BCUT2D eigenvalue weighted by Gasteiger charge is 2.25. The van der Waals surface area contributed by atoms with Gasteiger partial charge in [-0.2, -0.15) is 0 Å². The van der Waals surface area contributed by atoms with Crippen LogP contribution in [0.5, 0.6) is 17.2 Å². The number of aryl methyl sites for hydroxylation is 1. The van der Waals surface area contributed by atoms with E-state index in [1.807, 2.05) is 23.1 Å². The van der Waals surface area contributed by atoms with Crippen LogP contribution in [0.3, 0.4) is 0 Å². The van der Waals surface area contributed by atoms with Crippen LogP contribution in [0.2, 0.25) is 0 Å². The number of hydrogen-bond acceptors (Lipinski definition) is 5. The van der Waals surface area contributed by atoms with Gasteiger partial charge in [0.25, 0.3) is 0 Å². The van der Waals surface area contributed by atoms with Crippen molar-refractivity contribution in [3.63, 3.8) is 0 Å². The molecule has 3 aromatic rings. The Balaban J connectivity index is 1.35. The highest BCUT2D eigenvalue weighted by atomic mass is 16.5. The van der Waals surface area contributed by atoms with Gasteiger partial charge in [-0.3, -0.25) is 4.79 Å². The molecule has 0 bridgehead atoms. The van der Waals surface area contributed by atoms with E-state index in [1.54, 1.807) is 27.5 Å². The van der Waals surface area contributed by atoms with Crippen molar-refractivity contribution in [1.82, 2.24) is 14.9 Å². The molecule has 0 radical (unpaired) electrons. The van der Waals surface area contributed by atoms with E-state index in [-0.39, 0.29) is 5.91 Å². The molecule has 1 aliphatic heterocycles. The number of H-pyrrole nitrogens is 1. The van der Waals surface area contributed by atoms with Crippen molar-refractivity contribution in [1.29, 1.82) is 0 Å². The number of pyridine rings is 1. The number of benzene rings is 1. The summed E-state index contributed by atoms with van der Waals surface area (Å²) in [5.74, 6) is 2.43. The maximum Gasteiger partial charge on any atom is 0.222 e. The Hall–Kier alpha value is -3.22. The summed E-state index contributed by atoms with van der Waals surface area (Å²) in [7, 11) is 4.78. The van der Waals surface area contributed by atoms with Crippen molar-refractivity contribution in [3.8, 4) is 17.2 Å². The van der Waals surface area contributed by atoms with Crippen LogP contribution in [-0.2, 0) is 11.2 Å². The van der Waals surface area contributed by atoms with Crippen molar-refractivity contribution in [2.45, 2.75) is 31.6 Å². The van der Waals surface area contributed by atoms with Gasteiger partial charge >= 0.3 is 0 Å². The van der Waals surface area contributed by atoms with Crippen LogP contribution in [0.15, 0.2) is 36.7 Å². The Morgan fingerprint density at radius 3 is 2.48 bits per heavy atom. The van der Waals surface area contributed by atoms with Gasteiger partial charge in [0.2, 0.25) is 11.7 Å². The molecule has 1 aromatic carbocycles. The average Bonchev–Trinajstić information content (AvgIpc) is 3.26. The van der Waals surface area contributed by atoms with E-state index in [4.69, 9.17) is 14.2 Å². The molecule has 164 valence electrons. The first-order valence-electron chi connectivity index (χ1n) is 10.6. The molecule has 0 spiro atoms. The monoisotopic (exact) mass is 423 g/mol. The maximum atomic E-state index is 12.8. The molecule has 7 nitrogen and oxygen atoms in total. The standard InChI is InChI=1S/C24H29N3O4/c1-29-20-13-16(14-21(30-2)23(20)31-3)6-7-22(28)27-11-8-17(9-12-27)19-15-26-24-18(19)5-4-10-25-24/h4-5,10,13-15,17H,6-9,11-12H2,1-3H3,(H,25,26). The zero-order valence-electron chi connectivity index (χ0n) is 18.3. The number of aromatic nitrogens is 2. The number of fused-ring (bicyclic) bond motifs is 1. The summed E-state index contributed by atoms with van der Waals surface area (Å²) in [4.78, 5) is 22.5. The summed E-state index contributed by atoms with van der Waals surface area (Å²) in [6.45, 7) is 1.57. The molecule has 2 aromatic heterocycles. The summed E-state index contributed by atoms with van der Waals surface area (Å²) < 4.78 is 16.2. The molecule has 1 N–H and O–H groups in total. The number of rotatable bonds is 7. The molecule has 0 saturated carbocycles. The molecule has 0 aliphatic carbocycles. The third-order valence-electron chi connectivity index (χ3n) is 6.12. The van der Waals surface area contributed by atoms with Crippen LogP contribution in [0, 0.1) is 0 Å². The highest BCUT2D eigenvalue weighted by molar-refractivity contribution is 5.80. The van der Waals surface area contributed by atoms with E-state index < -0.39 is 0 Å². The fourth-order valence-corrected chi connectivity index (χ4v) is 4.44. The second-order valence-electron chi connectivity index (χ2n) is 7.83. The number of carbonyl (C=O) groups excluding carboxylic acids is 1. The van der Waals surface area contributed by atoms with Crippen molar-refractivity contribution in [3.05, 3.63) is 47.8 Å². The Morgan fingerprint density at radius 1 is 1.13 bits per heavy atom. The maximum absolute atomic E-state index is 12.8. The van der Waals surface area contributed by atoms with Gasteiger partial charge in [0.1, 0.15) is 5.65 Å². The van der Waals surface area contributed by atoms with Gasteiger partial charge in [0.05, 0.1) is 21.3 Å². The number of methoxy groups -OCH3 is 3. The third-order valence-corrected chi connectivity index (χ3v) is 6.12. The average molecular weight is 424 g/mol. The van der Waals surface area contributed by atoms with Crippen LogP contribution >= 0.6 is 0 Å². The lowest BCUT2D eigenvalue weighted by Crippen LogP contribution is -2.38.